The van der Waals surface area contributed by atoms with Crippen molar-refractivity contribution in [2.75, 3.05) is 5.32 Å². The van der Waals surface area contributed by atoms with E-state index in [0.717, 1.165) is 11.3 Å². The zero-order chi connectivity index (χ0) is 18.1. The Morgan fingerprint density at radius 3 is 2.81 bits per heavy atom. The van der Waals surface area contributed by atoms with Crippen LogP contribution in [0.15, 0.2) is 58.6 Å². The molecule has 2 heterocycles. The van der Waals surface area contributed by atoms with Crippen LogP contribution in [0.25, 0.3) is 0 Å². The second-order valence-electron chi connectivity index (χ2n) is 5.83. The molecule has 26 heavy (non-hydrogen) atoms. The van der Waals surface area contributed by atoms with E-state index in [-0.39, 0.29) is 12.1 Å². The van der Waals surface area contributed by atoms with Crippen LogP contribution in [0.2, 0.25) is 0 Å². The van der Waals surface area contributed by atoms with Crippen LogP contribution in [-0.4, -0.2) is 34.9 Å². The minimum atomic E-state index is -0.827. The first-order valence-corrected chi connectivity index (χ1v) is 7.97. The average Bonchev–Trinajstić information content (AvgIpc) is 2.65. The summed E-state index contributed by atoms with van der Waals surface area (Å²) in [5.41, 5.74) is 4.00. The lowest BCUT2D eigenvalue weighted by Gasteiger charge is -2.34. The minimum absolute atomic E-state index is 0.0697. The first-order valence-electron chi connectivity index (χ1n) is 7.97. The summed E-state index contributed by atoms with van der Waals surface area (Å²) in [5, 5.41) is 6.58. The van der Waals surface area contributed by atoms with Crippen LogP contribution in [0.5, 0.6) is 0 Å². The molecule has 0 fully saturated rings. The zero-order valence-corrected chi connectivity index (χ0v) is 13.5. The largest absolute Gasteiger partial charge is 0.324 e. The van der Waals surface area contributed by atoms with E-state index < -0.39 is 23.7 Å². The van der Waals surface area contributed by atoms with Gasteiger partial charge in [0, 0.05) is 5.56 Å². The molecule has 4 rings (SSSR count). The Morgan fingerprint density at radius 1 is 1.19 bits per heavy atom. The third-order valence-electron chi connectivity index (χ3n) is 4.15. The van der Waals surface area contributed by atoms with Crippen molar-refractivity contribution in [2.45, 2.75) is 12.5 Å². The van der Waals surface area contributed by atoms with E-state index in [4.69, 9.17) is 0 Å². The molecule has 130 valence electrons. The van der Waals surface area contributed by atoms with Gasteiger partial charge in [-0.1, -0.05) is 24.3 Å². The van der Waals surface area contributed by atoms with Gasteiger partial charge in [0.1, 0.15) is 11.9 Å². The van der Waals surface area contributed by atoms with Crippen LogP contribution in [0.1, 0.15) is 12.0 Å². The van der Waals surface area contributed by atoms with E-state index in [1.807, 2.05) is 24.3 Å². The summed E-state index contributed by atoms with van der Waals surface area (Å²) >= 11 is 0. The molecule has 2 aromatic rings. The number of rotatable bonds is 3. The van der Waals surface area contributed by atoms with Crippen LogP contribution >= 0.6 is 0 Å². The summed E-state index contributed by atoms with van der Waals surface area (Å²) in [6, 6.07) is 12.4. The van der Waals surface area contributed by atoms with Crippen molar-refractivity contribution < 1.29 is 14.0 Å². The van der Waals surface area contributed by atoms with Gasteiger partial charge < -0.3 is 10.2 Å². The van der Waals surface area contributed by atoms with Gasteiger partial charge in [0.15, 0.2) is 5.84 Å². The number of nitrogens with one attached hydrogen (secondary N) is 2. The van der Waals surface area contributed by atoms with Gasteiger partial charge in [-0.15, -0.1) is 0 Å². The highest BCUT2D eigenvalue weighted by Gasteiger charge is 2.36. The Labute approximate surface area is 148 Å². The smallest absolute Gasteiger partial charge is 0.263 e. The number of carbonyl (C=O) groups excluding carboxylic acids is 2. The number of anilines is 1. The summed E-state index contributed by atoms with van der Waals surface area (Å²) < 4.78 is 13.7. The van der Waals surface area contributed by atoms with Crippen molar-refractivity contribution >= 4 is 35.4 Å². The number of halogens is 1. The van der Waals surface area contributed by atoms with Crippen molar-refractivity contribution in [3.63, 3.8) is 0 Å². The molecule has 0 aliphatic carbocycles. The summed E-state index contributed by atoms with van der Waals surface area (Å²) in [5.74, 6) is -0.935. The molecule has 0 unspecified atom stereocenters. The molecule has 0 bridgehead atoms. The van der Waals surface area contributed by atoms with Crippen molar-refractivity contribution in [2.24, 2.45) is 10.1 Å². The number of hydrogen-bond donors (Lipinski definition) is 2. The summed E-state index contributed by atoms with van der Waals surface area (Å²) in [6.45, 7) is 0. The minimum Gasteiger partial charge on any atom is -0.324 e. The lowest BCUT2D eigenvalue weighted by molar-refractivity contribution is -0.128. The van der Waals surface area contributed by atoms with Gasteiger partial charge in [0.25, 0.3) is 5.91 Å². The molecular formula is C18H14FN5O2. The van der Waals surface area contributed by atoms with Crippen LogP contribution in [-0.2, 0) is 9.59 Å². The number of amides is 2. The standard InChI is InChI=1S/C18H14FN5O2/c19-12-6-2-4-8-14(12)21-16(25)9-15-18(26)23-22-17-11-5-1-3-7-13(11)20-10-24(15)17/h1-8,10,15H,9H2,(H,21,25)(H,23,26)/t15-/m0/s1. The molecule has 2 aromatic carbocycles. The summed E-state index contributed by atoms with van der Waals surface area (Å²) in [6.07, 6.45) is 1.31. The van der Waals surface area contributed by atoms with E-state index >= 15 is 0 Å². The third kappa shape index (κ3) is 2.81. The molecule has 0 saturated heterocycles. The van der Waals surface area contributed by atoms with Gasteiger partial charge >= 0.3 is 0 Å². The highest BCUT2D eigenvalue weighted by Crippen LogP contribution is 2.27. The molecule has 2 aliphatic rings. The van der Waals surface area contributed by atoms with Crippen LogP contribution in [0, 0.1) is 5.82 Å². The predicted molar refractivity (Wildman–Crippen MR) is 94.5 cm³/mol. The SMILES string of the molecule is O=C(C[C@H]1C(=O)NN=C2c3ccccc3N=CN21)Nc1ccccc1F. The monoisotopic (exact) mass is 351 g/mol. The van der Waals surface area contributed by atoms with Gasteiger partial charge in [0.2, 0.25) is 5.91 Å². The molecule has 0 spiro atoms. The van der Waals surface area contributed by atoms with Gasteiger partial charge in [-0.05, 0) is 24.3 Å². The molecule has 0 saturated carbocycles. The summed E-state index contributed by atoms with van der Waals surface area (Å²) in [4.78, 5) is 30.4. The van der Waals surface area contributed by atoms with E-state index in [1.54, 1.807) is 11.0 Å². The molecule has 7 nitrogen and oxygen atoms in total. The van der Waals surface area contributed by atoms with Crippen LogP contribution < -0.4 is 10.7 Å². The molecule has 8 heteroatoms. The summed E-state index contributed by atoms with van der Waals surface area (Å²) in [7, 11) is 0. The Kier molecular flexibility index (Phi) is 3.92. The van der Waals surface area contributed by atoms with Crippen molar-refractivity contribution in [1.82, 2.24) is 10.3 Å². The third-order valence-corrected chi connectivity index (χ3v) is 4.15. The van der Waals surface area contributed by atoms with Crippen LogP contribution in [0.3, 0.4) is 0 Å². The van der Waals surface area contributed by atoms with E-state index in [2.05, 4.69) is 20.8 Å². The number of hydrogen-bond acceptors (Lipinski definition) is 5. The number of amidine groups is 1. The number of fused-ring (bicyclic) bond motifs is 3. The fourth-order valence-corrected chi connectivity index (χ4v) is 2.88. The second-order valence-corrected chi connectivity index (χ2v) is 5.83. The van der Waals surface area contributed by atoms with Crippen molar-refractivity contribution in [1.29, 1.82) is 0 Å². The zero-order valence-electron chi connectivity index (χ0n) is 13.5. The average molecular weight is 351 g/mol. The molecule has 2 amide bonds. The maximum Gasteiger partial charge on any atom is 0.263 e. The van der Waals surface area contributed by atoms with Crippen LogP contribution in [0.4, 0.5) is 15.8 Å². The van der Waals surface area contributed by atoms with Gasteiger partial charge in [-0.2, -0.15) is 5.10 Å². The predicted octanol–water partition coefficient (Wildman–Crippen LogP) is 1.99. The van der Waals surface area contributed by atoms with E-state index in [0.29, 0.717) is 5.84 Å². The van der Waals surface area contributed by atoms with Gasteiger partial charge in [0.05, 0.1) is 24.1 Å². The number of benzene rings is 2. The van der Waals surface area contributed by atoms with E-state index in [9.17, 15) is 14.0 Å². The van der Waals surface area contributed by atoms with E-state index in [1.165, 1.54) is 24.5 Å². The molecule has 0 radical (unpaired) electrons. The Morgan fingerprint density at radius 2 is 1.96 bits per heavy atom. The fourth-order valence-electron chi connectivity index (χ4n) is 2.88. The Balaban J connectivity index is 1.56. The lowest BCUT2D eigenvalue weighted by Crippen LogP contribution is -2.54. The maximum absolute atomic E-state index is 13.7. The molecule has 2 N–H and O–H groups in total. The normalized spacial score (nSPS) is 17.7. The topological polar surface area (TPSA) is 86.2 Å². The number of aliphatic imine (C=N–C) groups is 1. The number of para-hydroxylation sites is 2. The number of nitrogens with zero attached hydrogens (tertiary/aromatic N) is 3. The Bertz CT molecular complexity index is 956. The quantitative estimate of drug-likeness (QED) is 0.887. The highest BCUT2D eigenvalue weighted by atomic mass is 19.1. The van der Waals surface area contributed by atoms with Crippen molar-refractivity contribution in [3.8, 4) is 0 Å². The lowest BCUT2D eigenvalue weighted by atomic mass is 10.0. The van der Waals surface area contributed by atoms with Gasteiger partial charge in [-0.3, -0.25) is 9.59 Å². The first-order chi connectivity index (χ1) is 12.6. The van der Waals surface area contributed by atoms with Crippen molar-refractivity contribution in [3.05, 3.63) is 59.9 Å². The molecule has 0 aromatic heterocycles. The highest BCUT2D eigenvalue weighted by molar-refractivity contribution is 6.14. The maximum atomic E-state index is 13.7. The molecule has 2 aliphatic heterocycles. The second kappa shape index (κ2) is 6.40. The number of carbonyl (C=O) groups is 2. The molecular weight excluding hydrogens is 337 g/mol. The number of hydrazone groups is 1. The molecule has 1 atom stereocenters. The fraction of sp³-hybridized carbons (Fsp3) is 0.111. The first kappa shape index (κ1) is 15.9. The Hall–Kier alpha value is -3.55. The van der Waals surface area contributed by atoms with Gasteiger partial charge in [-0.25, -0.2) is 14.8 Å².